The first-order chi connectivity index (χ1) is 15.0. The van der Waals surface area contributed by atoms with Gasteiger partial charge in [-0.15, -0.1) is 0 Å². The molecule has 0 saturated heterocycles. The van der Waals surface area contributed by atoms with Gasteiger partial charge in [-0.3, -0.25) is 14.4 Å². The summed E-state index contributed by atoms with van der Waals surface area (Å²) in [6.45, 7) is 9.29. The Hall–Kier alpha value is -1.19. The molecule has 4 heteroatoms. The van der Waals surface area contributed by atoms with E-state index in [2.05, 4.69) is 27.7 Å². The standard InChI is InChI=1S/C28H42O4/c1-16-5-11-28(15-24(31)32)12-7-19-25(20(28)13-16)22(30)14-23-26(3)10-8-21(29)17(2)18(26)6-9-27(19,23)4/h16-20,23,25H,5-15H2,1-4H3,(H,31,32). The molecular weight excluding hydrogens is 400 g/mol. The third-order valence-corrected chi connectivity index (χ3v) is 12.0. The number of hydrogen-bond donors (Lipinski definition) is 1. The Morgan fingerprint density at radius 3 is 2.28 bits per heavy atom. The van der Waals surface area contributed by atoms with Crippen molar-refractivity contribution in [3.05, 3.63) is 0 Å². The highest BCUT2D eigenvalue weighted by molar-refractivity contribution is 5.85. The average molecular weight is 443 g/mol. The van der Waals surface area contributed by atoms with Crippen LogP contribution in [0.15, 0.2) is 0 Å². The molecule has 0 bridgehead atoms. The third kappa shape index (κ3) is 3.03. The van der Waals surface area contributed by atoms with Gasteiger partial charge in [-0.05, 0) is 90.8 Å². The summed E-state index contributed by atoms with van der Waals surface area (Å²) in [6, 6.07) is 0. The van der Waals surface area contributed by atoms with Crippen LogP contribution >= 0.6 is 0 Å². The number of carbonyl (C=O) groups is 3. The van der Waals surface area contributed by atoms with E-state index >= 15 is 0 Å². The van der Waals surface area contributed by atoms with Crippen LogP contribution in [0.25, 0.3) is 0 Å². The van der Waals surface area contributed by atoms with Crippen molar-refractivity contribution in [1.29, 1.82) is 0 Å². The Morgan fingerprint density at radius 1 is 0.906 bits per heavy atom. The lowest BCUT2D eigenvalue weighted by molar-refractivity contribution is -0.197. The predicted octanol–water partition coefficient (Wildman–Crippen LogP) is 5.92. The van der Waals surface area contributed by atoms with E-state index in [1.165, 1.54) is 0 Å². The van der Waals surface area contributed by atoms with Gasteiger partial charge in [0.25, 0.3) is 0 Å². The maximum absolute atomic E-state index is 14.0. The fourth-order valence-corrected chi connectivity index (χ4v) is 10.3. The lowest BCUT2D eigenvalue weighted by Crippen LogP contribution is -2.64. The molecule has 5 fully saturated rings. The van der Waals surface area contributed by atoms with Gasteiger partial charge in [-0.2, -0.15) is 0 Å². The second-order valence-corrected chi connectivity index (χ2v) is 13.2. The van der Waals surface area contributed by atoms with Gasteiger partial charge in [-0.25, -0.2) is 0 Å². The lowest BCUT2D eigenvalue weighted by Gasteiger charge is -2.67. The van der Waals surface area contributed by atoms with Crippen molar-refractivity contribution >= 4 is 17.5 Å². The van der Waals surface area contributed by atoms with E-state index in [4.69, 9.17) is 0 Å². The van der Waals surface area contributed by atoms with Crippen LogP contribution in [0.1, 0.15) is 98.3 Å². The molecule has 5 aliphatic carbocycles. The molecule has 5 aliphatic rings. The second kappa shape index (κ2) is 7.40. The van der Waals surface area contributed by atoms with E-state index in [0.29, 0.717) is 48.1 Å². The maximum atomic E-state index is 14.0. The van der Waals surface area contributed by atoms with Gasteiger partial charge in [0.1, 0.15) is 11.6 Å². The minimum absolute atomic E-state index is 0.0508. The minimum Gasteiger partial charge on any atom is -0.481 e. The number of carboxylic acids is 1. The number of fused-ring (bicyclic) bond motifs is 7. The molecule has 4 nitrogen and oxygen atoms in total. The van der Waals surface area contributed by atoms with Crippen molar-refractivity contribution in [2.75, 3.05) is 0 Å². The number of aliphatic carboxylic acids is 1. The molecule has 5 saturated carbocycles. The minimum atomic E-state index is -0.691. The zero-order chi connectivity index (χ0) is 23.1. The molecule has 0 heterocycles. The van der Waals surface area contributed by atoms with Crippen LogP contribution in [0.4, 0.5) is 0 Å². The van der Waals surface area contributed by atoms with Gasteiger partial charge in [0.15, 0.2) is 0 Å². The Bertz CT molecular complexity index is 833. The molecule has 0 aromatic carbocycles. The number of hydrogen-bond acceptors (Lipinski definition) is 3. The number of carbonyl (C=O) groups excluding carboxylic acids is 2. The summed E-state index contributed by atoms with van der Waals surface area (Å²) >= 11 is 0. The van der Waals surface area contributed by atoms with Crippen molar-refractivity contribution < 1.29 is 19.5 Å². The predicted molar refractivity (Wildman–Crippen MR) is 123 cm³/mol. The maximum Gasteiger partial charge on any atom is 0.303 e. The molecular formula is C28H42O4. The molecule has 10 unspecified atom stereocenters. The fraction of sp³-hybridized carbons (Fsp3) is 0.893. The van der Waals surface area contributed by atoms with Crippen molar-refractivity contribution in [2.24, 2.45) is 57.7 Å². The fourth-order valence-electron chi connectivity index (χ4n) is 10.3. The van der Waals surface area contributed by atoms with Crippen molar-refractivity contribution in [2.45, 2.75) is 98.3 Å². The van der Waals surface area contributed by atoms with Crippen LogP contribution in [0.3, 0.4) is 0 Å². The molecule has 0 radical (unpaired) electrons. The molecule has 1 N–H and O–H groups in total. The molecule has 0 amide bonds. The van der Waals surface area contributed by atoms with Crippen molar-refractivity contribution in [3.8, 4) is 0 Å². The largest absolute Gasteiger partial charge is 0.481 e. The van der Waals surface area contributed by atoms with Gasteiger partial charge in [0.05, 0.1) is 6.42 Å². The normalized spacial score (nSPS) is 52.9. The first kappa shape index (κ1) is 22.6. The topological polar surface area (TPSA) is 71.4 Å². The molecule has 0 spiro atoms. The van der Waals surface area contributed by atoms with Gasteiger partial charge >= 0.3 is 5.97 Å². The van der Waals surface area contributed by atoms with E-state index < -0.39 is 5.97 Å². The smallest absolute Gasteiger partial charge is 0.303 e. The van der Waals surface area contributed by atoms with Gasteiger partial charge in [0.2, 0.25) is 0 Å². The number of ketones is 2. The van der Waals surface area contributed by atoms with Crippen LogP contribution in [0, 0.1) is 57.7 Å². The van der Waals surface area contributed by atoms with Crippen LogP contribution in [0.2, 0.25) is 0 Å². The first-order valence-electron chi connectivity index (χ1n) is 13.3. The summed E-state index contributed by atoms with van der Waals surface area (Å²) in [5, 5.41) is 9.76. The van der Waals surface area contributed by atoms with Crippen molar-refractivity contribution in [1.82, 2.24) is 0 Å². The third-order valence-electron chi connectivity index (χ3n) is 12.0. The summed E-state index contributed by atoms with van der Waals surface area (Å²) in [6.07, 6.45) is 9.81. The van der Waals surface area contributed by atoms with Gasteiger partial charge < -0.3 is 5.11 Å². The second-order valence-electron chi connectivity index (χ2n) is 13.2. The number of rotatable bonds is 2. The van der Waals surface area contributed by atoms with E-state index in [9.17, 15) is 19.5 Å². The Morgan fingerprint density at radius 2 is 1.56 bits per heavy atom. The van der Waals surface area contributed by atoms with E-state index in [-0.39, 0.29) is 40.4 Å². The zero-order valence-electron chi connectivity index (χ0n) is 20.5. The van der Waals surface area contributed by atoms with E-state index in [0.717, 1.165) is 51.4 Å². The molecule has 0 aromatic heterocycles. The molecule has 10 atom stereocenters. The summed E-state index contributed by atoms with van der Waals surface area (Å²) in [7, 11) is 0. The summed E-state index contributed by atoms with van der Waals surface area (Å²) in [5.41, 5.74) is 0.0433. The van der Waals surface area contributed by atoms with Crippen LogP contribution in [0.5, 0.6) is 0 Å². The molecule has 32 heavy (non-hydrogen) atoms. The highest BCUT2D eigenvalue weighted by atomic mass is 16.4. The molecule has 178 valence electrons. The van der Waals surface area contributed by atoms with Crippen LogP contribution in [-0.2, 0) is 14.4 Å². The number of carboxylic acid groups (broad SMARTS) is 1. The summed E-state index contributed by atoms with van der Waals surface area (Å²) < 4.78 is 0. The van der Waals surface area contributed by atoms with Crippen LogP contribution < -0.4 is 0 Å². The molecule has 5 rings (SSSR count). The van der Waals surface area contributed by atoms with E-state index in [1.54, 1.807) is 0 Å². The van der Waals surface area contributed by atoms with Crippen LogP contribution in [-0.4, -0.2) is 22.6 Å². The SMILES string of the molecule is CC1CCC2(CC(=O)O)CCC3C(C(=O)CC4C5(C)CCC(=O)C(C)C5CCC34C)C2C1. The zero-order valence-corrected chi connectivity index (χ0v) is 20.5. The Kier molecular flexibility index (Phi) is 5.23. The monoisotopic (exact) mass is 442 g/mol. The Labute approximate surface area is 193 Å². The van der Waals surface area contributed by atoms with E-state index in [1.807, 2.05) is 0 Å². The first-order valence-corrected chi connectivity index (χ1v) is 13.3. The average Bonchev–Trinajstić information content (AvgIpc) is 2.72. The van der Waals surface area contributed by atoms with Crippen molar-refractivity contribution in [3.63, 3.8) is 0 Å². The van der Waals surface area contributed by atoms with Gasteiger partial charge in [-0.1, -0.05) is 34.1 Å². The lowest BCUT2D eigenvalue weighted by atomic mass is 9.36. The number of Topliss-reactive ketones (excluding diaryl/α,β-unsaturated/α-hetero) is 2. The summed E-state index contributed by atoms with van der Waals surface area (Å²) in [5.74, 6) is 2.32. The Balaban J connectivity index is 1.51. The molecule has 0 aromatic rings. The highest BCUT2D eigenvalue weighted by Crippen LogP contribution is 2.71. The van der Waals surface area contributed by atoms with Gasteiger partial charge in [0, 0.05) is 24.7 Å². The quantitative estimate of drug-likeness (QED) is 0.576. The highest BCUT2D eigenvalue weighted by Gasteiger charge is 2.66. The summed E-state index contributed by atoms with van der Waals surface area (Å²) in [4.78, 5) is 38.4. The molecule has 0 aliphatic heterocycles.